The molecule has 0 amide bonds. The van der Waals surface area contributed by atoms with Crippen LogP contribution in [0.2, 0.25) is 0 Å². The van der Waals surface area contributed by atoms with E-state index in [2.05, 4.69) is 4.98 Å². The Bertz CT molecular complexity index is 471. The third-order valence-corrected chi connectivity index (χ3v) is 1.92. The fraction of sp³-hybridized carbons (Fsp3) is 0.273. The molecular formula is C11H8N4. The molecule has 0 aliphatic carbocycles. The minimum Gasteiger partial charge on any atom is -0.260 e. The van der Waals surface area contributed by atoms with Crippen molar-refractivity contribution in [3.63, 3.8) is 0 Å². The average Bonchev–Trinajstić information content (AvgIpc) is 2.23. The smallest absolute Gasteiger partial charge is 0.0777 e. The highest BCUT2D eigenvalue weighted by molar-refractivity contribution is 5.30. The minimum absolute atomic E-state index is 0.198. The molecule has 4 nitrogen and oxygen atoms in total. The monoisotopic (exact) mass is 196 g/mol. The first-order chi connectivity index (χ1) is 7.31. The van der Waals surface area contributed by atoms with Gasteiger partial charge in [0, 0.05) is 6.20 Å². The van der Waals surface area contributed by atoms with Gasteiger partial charge in [0.15, 0.2) is 0 Å². The normalized spacial score (nSPS) is 8.60. The second-order valence-electron chi connectivity index (χ2n) is 2.95. The van der Waals surface area contributed by atoms with E-state index in [-0.39, 0.29) is 19.3 Å². The van der Waals surface area contributed by atoms with E-state index in [1.807, 2.05) is 18.2 Å². The largest absolute Gasteiger partial charge is 0.260 e. The van der Waals surface area contributed by atoms with E-state index in [0.717, 1.165) is 11.1 Å². The highest BCUT2D eigenvalue weighted by Crippen LogP contribution is 2.10. The van der Waals surface area contributed by atoms with Crippen LogP contribution in [0.1, 0.15) is 16.8 Å². The Morgan fingerprint density at radius 2 is 1.67 bits per heavy atom. The molecule has 0 fully saturated rings. The van der Waals surface area contributed by atoms with Crippen LogP contribution in [0.25, 0.3) is 0 Å². The molecule has 0 aliphatic heterocycles. The van der Waals surface area contributed by atoms with Gasteiger partial charge in [0.05, 0.1) is 43.2 Å². The zero-order valence-electron chi connectivity index (χ0n) is 8.06. The molecule has 0 saturated heterocycles. The fourth-order valence-electron chi connectivity index (χ4n) is 1.25. The number of pyridine rings is 1. The molecular weight excluding hydrogens is 188 g/mol. The van der Waals surface area contributed by atoms with Crippen LogP contribution in [-0.2, 0) is 19.3 Å². The van der Waals surface area contributed by atoms with Gasteiger partial charge in [0.25, 0.3) is 0 Å². The minimum atomic E-state index is 0.198. The summed E-state index contributed by atoms with van der Waals surface area (Å²) in [5.74, 6) is 0. The highest BCUT2D eigenvalue weighted by Gasteiger charge is 2.05. The summed E-state index contributed by atoms with van der Waals surface area (Å²) >= 11 is 0. The van der Waals surface area contributed by atoms with Gasteiger partial charge in [0.2, 0.25) is 0 Å². The van der Waals surface area contributed by atoms with Crippen LogP contribution < -0.4 is 0 Å². The molecule has 1 aromatic rings. The lowest BCUT2D eigenvalue weighted by atomic mass is 10.1. The SMILES string of the molecule is N#CCc1cnc(CC#N)c(CC#N)c1. The Morgan fingerprint density at radius 1 is 1.00 bits per heavy atom. The van der Waals surface area contributed by atoms with Crippen LogP contribution >= 0.6 is 0 Å². The van der Waals surface area contributed by atoms with Gasteiger partial charge in [-0.1, -0.05) is 6.07 Å². The Balaban J connectivity index is 3.06. The summed E-state index contributed by atoms with van der Waals surface area (Å²) in [6, 6.07) is 7.80. The molecule has 4 heteroatoms. The number of aromatic nitrogens is 1. The van der Waals surface area contributed by atoms with Crippen molar-refractivity contribution in [2.45, 2.75) is 19.3 Å². The first-order valence-corrected chi connectivity index (χ1v) is 4.39. The van der Waals surface area contributed by atoms with Crippen molar-refractivity contribution in [2.75, 3.05) is 0 Å². The Hall–Kier alpha value is -2.38. The van der Waals surface area contributed by atoms with Gasteiger partial charge in [-0.25, -0.2) is 0 Å². The summed E-state index contributed by atoms with van der Waals surface area (Å²) in [6.45, 7) is 0. The van der Waals surface area contributed by atoms with Crippen molar-refractivity contribution in [3.8, 4) is 18.2 Å². The number of hydrogen-bond donors (Lipinski definition) is 0. The molecule has 0 N–H and O–H groups in total. The van der Waals surface area contributed by atoms with Gasteiger partial charge in [-0.15, -0.1) is 0 Å². The lowest BCUT2D eigenvalue weighted by Gasteiger charge is -2.03. The molecule has 1 heterocycles. The molecule has 0 bridgehead atoms. The average molecular weight is 196 g/mol. The summed E-state index contributed by atoms with van der Waals surface area (Å²) in [7, 11) is 0. The van der Waals surface area contributed by atoms with E-state index in [0.29, 0.717) is 5.69 Å². The van der Waals surface area contributed by atoms with Gasteiger partial charge >= 0.3 is 0 Å². The molecule has 1 rings (SSSR count). The second kappa shape index (κ2) is 5.37. The van der Waals surface area contributed by atoms with E-state index in [9.17, 15) is 0 Å². The van der Waals surface area contributed by atoms with Gasteiger partial charge in [-0.05, 0) is 11.1 Å². The fourth-order valence-corrected chi connectivity index (χ4v) is 1.25. The molecule has 0 aliphatic rings. The molecule has 0 radical (unpaired) electrons. The molecule has 0 aromatic carbocycles. The van der Waals surface area contributed by atoms with E-state index in [4.69, 9.17) is 15.8 Å². The Labute approximate surface area is 88.0 Å². The van der Waals surface area contributed by atoms with Gasteiger partial charge < -0.3 is 0 Å². The molecule has 15 heavy (non-hydrogen) atoms. The second-order valence-corrected chi connectivity index (χ2v) is 2.95. The van der Waals surface area contributed by atoms with Gasteiger partial charge in [-0.3, -0.25) is 4.98 Å². The Kier molecular flexibility index (Phi) is 3.83. The summed E-state index contributed by atoms with van der Waals surface area (Å²) in [5, 5.41) is 25.7. The van der Waals surface area contributed by atoms with E-state index >= 15 is 0 Å². The van der Waals surface area contributed by atoms with E-state index in [1.165, 1.54) is 0 Å². The summed E-state index contributed by atoms with van der Waals surface area (Å²) < 4.78 is 0. The first-order valence-electron chi connectivity index (χ1n) is 4.39. The van der Waals surface area contributed by atoms with Gasteiger partial charge in [-0.2, -0.15) is 15.8 Å². The number of nitrogens with zero attached hydrogens (tertiary/aromatic N) is 4. The van der Waals surface area contributed by atoms with Crippen LogP contribution in [0, 0.1) is 34.0 Å². The standard InChI is InChI=1S/C11H8N4/c12-4-1-9-7-10(2-5-13)11(3-6-14)15-8-9/h7-8H,1-3H2. The van der Waals surface area contributed by atoms with Crippen LogP contribution in [0.5, 0.6) is 0 Å². The molecule has 0 spiro atoms. The zero-order valence-corrected chi connectivity index (χ0v) is 8.06. The predicted octanol–water partition coefficient (Wildman–Crippen LogP) is 1.28. The van der Waals surface area contributed by atoms with Crippen molar-refractivity contribution in [1.29, 1.82) is 15.8 Å². The lowest BCUT2D eigenvalue weighted by molar-refractivity contribution is 1.02. The Morgan fingerprint density at radius 3 is 2.27 bits per heavy atom. The zero-order chi connectivity index (χ0) is 11.1. The summed E-state index contributed by atoms with van der Waals surface area (Å²) in [4.78, 5) is 4.08. The van der Waals surface area contributed by atoms with E-state index in [1.54, 1.807) is 12.3 Å². The number of rotatable bonds is 3. The maximum atomic E-state index is 8.61. The summed E-state index contributed by atoms with van der Waals surface area (Å²) in [6.07, 6.45) is 2.28. The molecule has 0 atom stereocenters. The quantitative estimate of drug-likeness (QED) is 0.728. The lowest BCUT2D eigenvalue weighted by Crippen LogP contribution is -1.98. The van der Waals surface area contributed by atoms with Crippen LogP contribution in [-0.4, -0.2) is 4.98 Å². The first kappa shape index (κ1) is 10.7. The third kappa shape index (κ3) is 2.79. The van der Waals surface area contributed by atoms with Crippen molar-refractivity contribution in [3.05, 3.63) is 29.1 Å². The number of hydrogen-bond acceptors (Lipinski definition) is 4. The van der Waals surface area contributed by atoms with Gasteiger partial charge in [0.1, 0.15) is 0 Å². The third-order valence-electron chi connectivity index (χ3n) is 1.92. The molecule has 72 valence electrons. The predicted molar refractivity (Wildman–Crippen MR) is 52.2 cm³/mol. The van der Waals surface area contributed by atoms with Crippen molar-refractivity contribution in [1.82, 2.24) is 4.98 Å². The maximum Gasteiger partial charge on any atom is 0.0777 e. The topological polar surface area (TPSA) is 84.3 Å². The number of nitriles is 3. The molecule has 1 aromatic heterocycles. The van der Waals surface area contributed by atoms with Crippen molar-refractivity contribution < 1.29 is 0 Å². The summed E-state index contributed by atoms with van der Waals surface area (Å²) in [5.41, 5.74) is 2.15. The van der Waals surface area contributed by atoms with Crippen LogP contribution in [0.4, 0.5) is 0 Å². The van der Waals surface area contributed by atoms with Crippen molar-refractivity contribution in [2.24, 2.45) is 0 Å². The maximum absolute atomic E-state index is 8.61. The van der Waals surface area contributed by atoms with Crippen LogP contribution in [0.3, 0.4) is 0 Å². The molecule has 0 saturated carbocycles. The highest BCUT2D eigenvalue weighted by atomic mass is 14.7. The van der Waals surface area contributed by atoms with Crippen LogP contribution in [0.15, 0.2) is 12.3 Å². The molecule has 0 unspecified atom stereocenters. The van der Waals surface area contributed by atoms with E-state index < -0.39 is 0 Å². The van der Waals surface area contributed by atoms with Crippen molar-refractivity contribution >= 4 is 0 Å².